The summed E-state index contributed by atoms with van der Waals surface area (Å²) in [6, 6.07) is 0.0545. The predicted molar refractivity (Wildman–Crippen MR) is 88.5 cm³/mol. The van der Waals surface area contributed by atoms with Gasteiger partial charge >= 0.3 is 0 Å². The Morgan fingerprint density at radius 3 is 2.83 bits per heavy atom. The van der Waals surface area contributed by atoms with Crippen LogP contribution in [0.2, 0.25) is 5.15 Å². The number of fused-ring (bicyclic) bond motifs is 2. The fourth-order valence-electron chi connectivity index (χ4n) is 3.74. The van der Waals surface area contributed by atoms with Crippen molar-refractivity contribution < 1.29 is 9.47 Å². The van der Waals surface area contributed by atoms with E-state index in [-0.39, 0.29) is 18.2 Å². The molecule has 2 aromatic heterocycles. The first-order valence-corrected chi connectivity index (χ1v) is 8.33. The lowest BCUT2D eigenvalue weighted by molar-refractivity contribution is -0.147. The number of aryl methyl sites for hydroxylation is 1. The van der Waals surface area contributed by atoms with E-state index in [4.69, 9.17) is 21.1 Å². The molecular weight excluding hydrogens is 314 g/mol. The second-order valence-electron chi connectivity index (χ2n) is 6.69. The summed E-state index contributed by atoms with van der Waals surface area (Å²) in [5, 5.41) is 1.40. The minimum atomic E-state index is -0.563. The van der Waals surface area contributed by atoms with Gasteiger partial charge < -0.3 is 14.0 Å². The van der Waals surface area contributed by atoms with Crippen LogP contribution in [0.1, 0.15) is 38.8 Å². The molecule has 0 radical (unpaired) electrons. The second kappa shape index (κ2) is 5.03. The molecular formula is C17H20ClN3O2. The highest BCUT2D eigenvalue weighted by molar-refractivity contribution is 6.34. The first-order valence-electron chi connectivity index (χ1n) is 7.95. The predicted octanol–water partition coefficient (Wildman–Crippen LogP) is 3.80. The summed E-state index contributed by atoms with van der Waals surface area (Å²) in [6.45, 7) is 8.11. The lowest BCUT2D eigenvalue weighted by atomic mass is 10.1. The molecule has 1 aliphatic heterocycles. The van der Waals surface area contributed by atoms with E-state index in [1.54, 1.807) is 0 Å². The van der Waals surface area contributed by atoms with Gasteiger partial charge in [-0.3, -0.25) is 0 Å². The van der Waals surface area contributed by atoms with E-state index in [9.17, 15) is 0 Å². The topological polar surface area (TPSA) is 49.2 Å². The first kappa shape index (κ1) is 15.1. The quantitative estimate of drug-likeness (QED) is 0.619. The molecule has 23 heavy (non-hydrogen) atoms. The van der Waals surface area contributed by atoms with Crippen LogP contribution >= 0.6 is 11.6 Å². The number of nitrogens with zero attached hydrogens (tertiary/aromatic N) is 3. The van der Waals surface area contributed by atoms with Crippen LogP contribution in [0.3, 0.4) is 0 Å². The number of hydrogen-bond acceptors (Lipinski definition) is 4. The molecule has 1 fully saturated rings. The Morgan fingerprint density at radius 1 is 1.30 bits per heavy atom. The van der Waals surface area contributed by atoms with Crippen molar-refractivity contribution in [2.24, 2.45) is 0 Å². The highest BCUT2D eigenvalue weighted by atomic mass is 35.5. The zero-order chi connectivity index (χ0) is 16.4. The molecule has 5 nitrogen and oxygen atoms in total. The molecule has 0 unspecified atom stereocenters. The van der Waals surface area contributed by atoms with Crippen molar-refractivity contribution in [3.8, 4) is 0 Å². The van der Waals surface area contributed by atoms with Gasteiger partial charge in [-0.1, -0.05) is 24.6 Å². The molecule has 122 valence electrons. The average molecular weight is 334 g/mol. The summed E-state index contributed by atoms with van der Waals surface area (Å²) in [6.07, 6.45) is 6.76. The minimum Gasteiger partial charge on any atom is -0.342 e. The first-order chi connectivity index (χ1) is 10.9. The fraction of sp³-hybridized carbons (Fsp3) is 0.529. The van der Waals surface area contributed by atoms with Crippen LogP contribution in [0.15, 0.2) is 24.2 Å². The van der Waals surface area contributed by atoms with Gasteiger partial charge in [0.1, 0.15) is 29.3 Å². The summed E-state index contributed by atoms with van der Waals surface area (Å²) in [7, 11) is 0. The molecule has 1 aliphatic carbocycles. The normalized spacial score (nSPS) is 29.1. The van der Waals surface area contributed by atoms with Gasteiger partial charge in [0.2, 0.25) is 0 Å². The molecule has 6 heteroatoms. The van der Waals surface area contributed by atoms with Gasteiger partial charge in [-0.25, -0.2) is 9.97 Å². The Labute approximate surface area is 140 Å². The number of ether oxygens (including phenoxy) is 2. The van der Waals surface area contributed by atoms with Crippen LogP contribution in [0, 0.1) is 6.92 Å². The largest absolute Gasteiger partial charge is 0.342 e. The van der Waals surface area contributed by atoms with Crippen LogP contribution in [-0.2, 0) is 9.47 Å². The minimum absolute atomic E-state index is 0.00932. The molecule has 0 aromatic carbocycles. The van der Waals surface area contributed by atoms with E-state index in [0.717, 1.165) is 23.0 Å². The van der Waals surface area contributed by atoms with Crippen molar-refractivity contribution in [1.82, 2.24) is 14.5 Å². The van der Waals surface area contributed by atoms with Gasteiger partial charge in [0, 0.05) is 6.20 Å². The summed E-state index contributed by atoms with van der Waals surface area (Å²) >= 11 is 6.26. The molecule has 2 aromatic rings. The summed E-state index contributed by atoms with van der Waals surface area (Å²) in [5.41, 5.74) is 3.19. The third kappa shape index (κ3) is 2.22. The van der Waals surface area contributed by atoms with Gasteiger partial charge in [-0.2, -0.15) is 0 Å². The smallest absolute Gasteiger partial charge is 0.164 e. The highest BCUT2D eigenvalue weighted by Gasteiger charge is 2.50. The van der Waals surface area contributed by atoms with Crippen LogP contribution in [0.5, 0.6) is 0 Å². The second-order valence-corrected chi connectivity index (χ2v) is 7.05. The lowest BCUT2D eigenvalue weighted by Crippen LogP contribution is -2.27. The number of aromatic nitrogens is 3. The third-order valence-corrected chi connectivity index (χ3v) is 4.98. The molecule has 0 N–H and O–H groups in total. The SMILES string of the molecule is CCC1=C[C@@H](n2cc(C)c3c(Cl)ncnc32)[C@@H]2OC(C)(C)O[C@H]12. The van der Waals surface area contributed by atoms with Crippen molar-refractivity contribution in [1.29, 1.82) is 0 Å². The van der Waals surface area contributed by atoms with E-state index >= 15 is 0 Å². The van der Waals surface area contributed by atoms with Crippen molar-refractivity contribution in [2.75, 3.05) is 0 Å². The molecule has 0 bridgehead atoms. The van der Waals surface area contributed by atoms with Gasteiger partial charge in [0.25, 0.3) is 0 Å². The maximum atomic E-state index is 6.26. The van der Waals surface area contributed by atoms with Gasteiger partial charge in [0.15, 0.2) is 5.79 Å². The Balaban J connectivity index is 1.85. The standard InChI is InChI=1S/C17H20ClN3O2/c1-5-10-6-11(14-13(10)22-17(3,4)23-14)21-7-9(2)12-15(18)19-8-20-16(12)21/h6-8,11,13-14H,5H2,1-4H3/t11-,13-,14+/m1/s1. The zero-order valence-corrected chi connectivity index (χ0v) is 14.5. The third-order valence-electron chi connectivity index (χ3n) is 4.70. The Bertz CT molecular complexity index is 812. The monoisotopic (exact) mass is 333 g/mol. The summed E-state index contributed by atoms with van der Waals surface area (Å²) < 4.78 is 14.4. The van der Waals surface area contributed by atoms with Crippen LogP contribution in [-0.4, -0.2) is 32.5 Å². The van der Waals surface area contributed by atoms with Gasteiger partial charge in [0.05, 0.1) is 11.4 Å². The Morgan fingerprint density at radius 2 is 2.09 bits per heavy atom. The Hall–Kier alpha value is -1.43. The van der Waals surface area contributed by atoms with Crippen LogP contribution < -0.4 is 0 Å². The van der Waals surface area contributed by atoms with E-state index in [1.165, 1.54) is 11.9 Å². The van der Waals surface area contributed by atoms with E-state index < -0.39 is 5.79 Å². The van der Waals surface area contributed by atoms with Gasteiger partial charge in [-0.15, -0.1) is 0 Å². The number of rotatable bonds is 2. The van der Waals surface area contributed by atoms with Crippen molar-refractivity contribution in [3.63, 3.8) is 0 Å². The number of halogens is 1. The molecule has 3 atom stereocenters. The van der Waals surface area contributed by atoms with Crippen molar-refractivity contribution >= 4 is 22.6 Å². The zero-order valence-electron chi connectivity index (χ0n) is 13.7. The number of hydrogen-bond donors (Lipinski definition) is 0. The van der Waals surface area contributed by atoms with Crippen LogP contribution in [0.4, 0.5) is 0 Å². The molecule has 3 heterocycles. The van der Waals surface area contributed by atoms with Crippen molar-refractivity contribution in [2.45, 2.75) is 58.2 Å². The fourth-order valence-corrected chi connectivity index (χ4v) is 4.02. The van der Waals surface area contributed by atoms with Crippen molar-refractivity contribution in [3.05, 3.63) is 34.9 Å². The summed E-state index contributed by atoms with van der Waals surface area (Å²) in [4.78, 5) is 8.55. The van der Waals surface area contributed by atoms with Gasteiger partial charge in [-0.05, 0) is 38.3 Å². The van der Waals surface area contributed by atoms with E-state index in [1.807, 2.05) is 20.8 Å². The molecule has 0 amide bonds. The van der Waals surface area contributed by atoms with Crippen LogP contribution in [0.25, 0.3) is 11.0 Å². The molecule has 4 rings (SSSR count). The molecule has 1 saturated heterocycles. The molecule has 0 saturated carbocycles. The maximum absolute atomic E-state index is 6.26. The lowest BCUT2D eigenvalue weighted by Gasteiger charge is -2.22. The average Bonchev–Trinajstić information content (AvgIpc) is 3.08. The molecule has 0 spiro atoms. The maximum Gasteiger partial charge on any atom is 0.164 e. The van der Waals surface area contributed by atoms with E-state index in [2.05, 4.69) is 33.7 Å². The molecule has 2 aliphatic rings. The highest BCUT2D eigenvalue weighted by Crippen LogP contribution is 2.45. The van der Waals surface area contributed by atoms with E-state index in [0.29, 0.717) is 5.15 Å². The Kier molecular flexibility index (Phi) is 3.31. The summed E-state index contributed by atoms with van der Waals surface area (Å²) in [5.74, 6) is -0.563.